The minimum Gasteiger partial charge on any atom is -0.330 e. The average molecular weight is 753 g/mol. The van der Waals surface area contributed by atoms with E-state index in [-0.39, 0.29) is 0 Å². The normalized spacial score (nSPS) is 15.1. The molecule has 0 aliphatic rings. The van der Waals surface area contributed by atoms with Crippen LogP contribution in [-0.4, -0.2) is 115 Å². The lowest BCUT2D eigenvalue weighted by atomic mass is 9.93. The standard InChI is InChI=1S/C17H13F22N3O3Si/c1-40(6(43)10(20,21)22)46(41(2)7(44)11(23,24)25,42(3)8(45)12(26,27)28)5-4-9(18,19)13(29,30)14(31,32)15(33,34)16(35,36)17(37,38)39/h4-5H2,1-3H3. The summed E-state index contributed by atoms with van der Waals surface area (Å²) in [7, 11) is -8.92. The number of halogens is 22. The number of nitrogens with zero attached hydrogens (tertiary/aromatic N) is 3. The van der Waals surface area contributed by atoms with Crippen molar-refractivity contribution in [2.24, 2.45) is 0 Å². The van der Waals surface area contributed by atoms with Gasteiger partial charge in [-0.2, -0.15) is 96.6 Å². The molecule has 29 heteroatoms. The van der Waals surface area contributed by atoms with Crippen LogP contribution in [0.3, 0.4) is 0 Å². The van der Waals surface area contributed by atoms with Gasteiger partial charge in [0.15, 0.2) is 0 Å². The zero-order chi connectivity index (χ0) is 37.9. The number of hydrogen-bond donors (Lipinski definition) is 0. The molecule has 6 nitrogen and oxygen atoms in total. The Hall–Kier alpha value is -2.91. The van der Waals surface area contributed by atoms with Gasteiger partial charge in [0.05, 0.1) is 0 Å². The maximum absolute atomic E-state index is 14.5. The molecule has 0 spiro atoms. The molecule has 0 bridgehead atoms. The minimum atomic E-state index is -8.55. The lowest BCUT2D eigenvalue weighted by Gasteiger charge is -2.50. The molecule has 46 heavy (non-hydrogen) atoms. The number of alkyl halides is 22. The third-order valence-electron chi connectivity index (χ3n) is 6.03. The molecule has 3 amide bonds. The van der Waals surface area contributed by atoms with Gasteiger partial charge >= 0.3 is 80.6 Å². The first-order chi connectivity index (χ1) is 19.7. The van der Waals surface area contributed by atoms with E-state index in [1.165, 1.54) is 0 Å². The second kappa shape index (κ2) is 12.0. The van der Waals surface area contributed by atoms with Crippen molar-refractivity contribution in [2.45, 2.75) is 66.8 Å². The summed E-state index contributed by atoms with van der Waals surface area (Å²) < 4.78 is 289. The molecule has 0 unspecified atom stereocenters. The molecular formula is C17H13F22N3O3Si. The molecule has 0 aliphatic carbocycles. The van der Waals surface area contributed by atoms with Gasteiger partial charge < -0.3 is 13.7 Å². The predicted octanol–water partition coefficient (Wildman–Crippen LogP) is 6.12. The number of rotatable bonds is 10. The van der Waals surface area contributed by atoms with E-state index in [2.05, 4.69) is 0 Å². The van der Waals surface area contributed by atoms with Crippen LogP contribution in [0, 0.1) is 0 Å². The molecule has 0 fully saturated rings. The molecule has 272 valence electrons. The minimum absolute atomic E-state index is 0.550. The van der Waals surface area contributed by atoms with Gasteiger partial charge in [0.2, 0.25) is 0 Å². The second-order valence-corrected chi connectivity index (χ2v) is 12.9. The van der Waals surface area contributed by atoms with E-state index in [1.54, 1.807) is 0 Å². The van der Waals surface area contributed by atoms with E-state index in [0.717, 1.165) is 0 Å². The van der Waals surface area contributed by atoms with E-state index in [0.29, 0.717) is 0 Å². The Morgan fingerprint density at radius 1 is 0.435 bits per heavy atom. The highest BCUT2D eigenvalue weighted by atomic mass is 28.4. The summed E-state index contributed by atoms with van der Waals surface area (Å²) in [5.41, 5.74) is 0. The average Bonchev–Trinajstić information content (AvgIpc) is 2.83. The lowest BCUT2D eigenvalue weighted by molar-refractivity contribution is -0.440. The number of carbonyl (C=O) groups excluding carboxylic acids is 3. The largest absolute Gasteiger partial charge is 0.470 e. The molecule has 0 aromatic heterocycles. The van der Waals surface area contributed by atoms with E-state index in [1.807, 2.05) is 0 Å². The maximum Gasteiger partial charge on any atom is 0.470 e. The van der Waals surface area contributed by atoms with Crippen LogP contribution in [0.5, 0.6) is 0 Å². The van der Waals surface area contributed by atoms with E-state index in [4.69, 9.17) is 0 Å². The van der Waals surface area contributed by atoms with Gasteiger partial charge in [-0.05, 0) is 0 Å². The highest BCUT2D eigenvalue weighted by molar-refractivity contribution is 6.78. The van der Waals surface area contributed by atoms with Crippen molar-refractivity contribution in [1.29, 1.82) is 0 Å². The first kappa shape index (κ1) is 43.1. The van der Waals surface area contributed by atoms with Gasteiger partial charge in [-0.15, -0.1) is 0 Å². The van der Waals surface area contributed by atoms with Crippen molar-refractivity contribution in [1.82, 2.24) is 13.7 Å². The van der Waals surface area contributed by atoms with Crippen LogP contribution in [0.4, 0.5) is 96.6 Å². The van der Waals surface area contributed by atoms with Crippen molar-refractivity contribution in [3.05, 3.63) is 0 Å². The van der Waals surface area contributed by atoms with Crippen molar-refractivity contribution in [3.8, 4) is 0 Å². The third kappa shape index (κ3) is 7.00. The molecule has 0 aromatic carbocycles. The van der Waals surface area contributed by atoms with Gasteiger partial charge in [0.25, 0.3) is 0 Å². The second-order valence-electron chi connectivity index (χ2n) is 8.86. The zero-order valence-electron chi connectivity index (χ0n) is 21.8. The summed E-state index contributed by atoms with van der Waals surface area (Å²) in [5, 5.41) is 0. The monoisotopic (exact) mass is 753 g/mol. The Balaban J connectivity index is 7.71. The van der Waals surface area contributed by atoms with Crippen LogP contribution in [-0.2, 0) is 14.4 Å². The van der Waals surface area contributed by atoms with E-state index >= 15 is 0 Å². The fraction of sp³-hybridized carbons (Fsp3) is 0.824. The first-order valence-corrected chi connectivity index (χ1v) is 12.7. The zero-order valence-corrected chi connectivity index (χ0v) is 22.8. The Kier molecular flexibility index (Phi) is 11.2. The Bertz CT molecular complexity index is 1080. The molecule has 0 aromatic rings. The summed E-state index contributed by atoms with van der Waals surface area (Å²) in [6.45, 7) is 0. The van der Waals surface area contributed by atoms with Crippen LogP contribution < -0.4 is 0 Å². The molecule has 0 atom stereocenters. The summed E-state index contributed by atoms with van der Waals surface area (Å²) in [6.07, 6.45) is -31.2. The van der Waals surface area contributed by atoms with Gasteiger partial charge in [-0.3, -0.25) is 14.4 Å². The van der Waals surface area contributed by atoms with E-state index < -0.39 is 128 Å². The number of amides is 3. The molecule has 0 rings (SSSR count). The summed E-state index contributed by atoms with van der Waals surface area (Å²) in [5.74, 6) is -52.1. The fourth-order valence-electron chi connectivity index (χ4n) is 3.52. The molecule has 0 heterocycles. The molecule has 0 saturated carbocycles. The topological polar surface area (TPSA) is 60.9 Å². The van der Waals surface area contributed by atoms with Gasteiger partial charge in [0, 0.05) is 33.6 Å². The molecule has 0 saturated heterocycles. The van der Waals surface area contributed by atoms with Crippen LogP contribution in [0.2, 0.25) is 6.04 Å². The Morgan fingerprint density at radius 3 is 0.891 bits per heavy atom. The summed E-state index contributed by atoms with van der Waals surface area (Å²) >= 11 is 0. The lowest BCUT2D eigenvalue weighted by Crippen LogP contribution is -2.79. The highest BCUT2D eigenvalue weighted by Gasteiger charge is 2.90. The van der Waals surface area contributed by atoms with E-state index in [9.17, 15) is 111 Å². The Morgan fingerprint density at radius 2 is 0.674 bits per heavy atom. The molecular weight excluding hydrogens is 740 g/mol. The third-order valence-corrected chi connectivity index (χ3v) is 10.8. The van der Waals surface area contributed by atoms with Crippen LogP contribution >= 0.6 is 0 Å². The summed E-state index contributed by atoms with van der Waals surface area (Å²) in [6, 6.07) is -3.18. The number of hydrogen-bond acceptors (Lipinski definition) is 3. The smallest absolute Gasteiger partial charge is 0.330 e. The van der Waals surface area contributed by atoms with Crippen LogP contribution in [0.1, 0.15) is 6.42 Å². The van der Waals surface area contributed by atoms with Crippen molar-refractivity contribution >= 4 is 26.3 Å². The SMILES string of the molecule is CN(C(=O)C(F)(F)F)[Si](CCC(F)(F)C(F)(F)C(F)(F)C(F)(F)C(F)(F)C(F)(F)F)(N(C)C(=O)C(F)(F)F)N(C)C(=O)C(F)(F)F. The van der Waals surface area contributed by atoms with Gasteiger partial charge in [-0.25, -0.2) is 0 Å². The highest BCUT2D eigenvalue weighted by Crippen LogP contribution is 2.61. The number of carbonyl (C=O) groups is 3. The van der Waals surface area contributed by atoms with Crippen LogP contribution in [0.15, 0.2) is 0 Å². The molecule has 0 N–H and O–H groups in total. The predicted molar refractivity (Wildman–Crippen MR) is 102 cm³/mol. The quantitative estimate of drug-likeness (QED) is 0.200. The fourth-order valence-corrected chi connectivity index (χ4v) is 7.88. The maximum atomic E-state index is 14.5. The summed E-state index contributed by atoms with van der Waals surface area (Å²) in [4.78, 5) is 35.5. The van der Waals surface area contributed by atoms with Crippen molar-refractivity contribution < 1.29 is 111 Å². The Labute approximate surface area is 240 Å². The van der Waals surface area contributed by atoms with Crippen LogP contribution in [0.25, 0.3) is 0 Å². The van der Waals surface area contributed by atoms with Crippen molar-refractivity contribution in [2.75, 3.05) is 21.1 Å². The molecule has 0 radical (unpaired) electrons. The van der Waals surface area contributed by atoms with Gasteiger partial charge in [0.1, 0.15) is 0 Å². The first-order valence-electron chi connectivity index (χ1n) is 10.7. The molecule has 0 aliphatic heterocycles. The van der Waals surface area contributed by atoms with Crippen molar-refractivity contribution in [3.63, 3.8) is 0 Å². The van der Waals surface area contributed by atoms with Gasteiger partial charge in [-0.1, -0.05) is 0 Å².